The second-order valence-electron chi connectivity index (χ2n) is 7.30. The summed E-state index contributed by atoms with van der Waals surface area (Å²) in [5, 5.41) is 12.1. The Bertz CT molecular complexity index is 355. The molecule has 1 aliphatic rings. The summed E-state index contributed by atoms with van der Waals surface area (Å²) >= 11 is 0. The number of rotatable bonds is 6. The minimum Gasteiger partial charge on any atom is -0.481 e. The van der Waals surface area contributed by atoms with Crippen LogP contribution in [0.2, 0.25) is 0 Å². The van der Waals surface area contributed by atoms with Gasteiger partial charge in [0.15, 0.2) is 0 Å². The first-order valence-electron chi connectivity index (χ1n) is 7.40. The molecule has 0 saturated heterocycles. The monoisotopic (exact) mass is 284 g/mol. The summed E-state index contributed by atoms with van der Waals surface area (Å²) < 4.78 is 0. The molecular weight excluding hydrogens is 256 g/mol. The molecule has 0 bridgehead atoms. The molecule has 20 heavy (non-hydrogen) atoms. The summed E-state index contributed by atoms with van der Waals surface area (Å²) in [6.07, 6.45) is 4.17. The van der Waals surface area contributed by atoms with Gasteiger partial charge in [-0.25, -0.2) is 0 Å². The van der Waals surface area contributed by atoms with Crippen LogP contribution in [0.15, 0.2) is 0 Å². The number of carbonyl (C=O) groups excluding carboxylic acids is 1. The van der Waals surface area contributed by atoms with Gasteiger partial charge in [0.25, 0.3) is 0 Å². The average Bonchev–Trinajstić information content (AvgIpc) is 2.73. The van der Waals surface area contributed by atoms with E-state index in [1.165, 1.54) is 0 Å². The first-order chi connectivity index (χ1) is 9.15. The first kappa shape index (κ1) is 17.0. The van der Waals surface area contributed by atoms with Gasteiger partial charge in [-0.2, -0.15) is 0 Å². The van der Waals surface area contributed by atoms with E-state index in [0.717, 1.165) is 19.3 Å². The third-order valence-corrected chi connectivity index (χ3v) is 3.96. The highest BCUT2D eigenvalue weighted by Crippen LogP contribution is 2.37. The van der Waals surface area contributed by atoms with Gasteiger partial charge in [-0.3, -0.25) is 9.59 Å². The van der Waals surface area contributed by atoms with Crippen LogP contribution in [-0.4, -0.2) is 29.6 Å². The number of nitrogens with one attached hydrogen (secondary N) is 1. The van der Waals surface area contributed by atoms with E-state index < -0.39 is 11.4 Å². The molecule has 1 rings (SSSR count). The molecule has 1 fully saturated rings. The van der Waals surface area contributed by atoms with E-state index >= 15 is 0 Å². The van der Waals surface area contributed by atoms with Crippen LogP contribution in [0.4, 0.5) is 0 Å². The summed E-state index contributed by atoms with van der Waals surface area (Å²) in [4.78, 5) is 23.2. The van der Waals surface area contributed by atoms with Crippen molar-refractivity contribution < 1.29 is 14.7 Å². The van der Waals surface area contributed by atoms with Crippen molar-refractivity contribution in [3.05, 3.63) is 0 Å². The standard InChI is InChI=1S/C15H28N2O3/c1-14(2,3)9-11(16)8-12(18)17-10-15(13(19)20)6-4-5-7-15/h11H,4-10,16H2,1-3H3,(H,17,18)(H,19,20). The average molecular weight is 284 g/mol. The number of nitrogens with two attached hydrogens (primary N) is 1. The number of carboxylic acid groups (broad SMARTS) is 1. The Morgan fingerprint density at radius 3 is 2.30 bits per heavy atom. The smallest absolute Gasteiger partial charge is 0.311 e. The van der Waals surface area contributed by atoms with Gasteiger partial charge in [0, 0.05) is 19.0 Å². The highest BCUT2D eigenvalue weighted by molar-refractivity contribution is 5.79. The SMILES string of the molecule is CC(C)(C)CC(N)CC(=O)NCC1(C(=O)O)CCCC1. The Morgan fingerprint density at radius 2 is 1.85 bits per heavy atom. The molecule has 0 radical (unpaired) electrons. The van der Waals surface area contributed by atoms with Crippen molar-refractivity contribution in [1.29, 1.82) is 0 Å². The highest BCUT2D eigenvalue weighted by Gasteiger charge is 2.41. The lowest BCUT2D eigenvalue weighted by Gasteiger charge is -2.25. The molecule has 1 atom stereocenters. The fourth-order valence-electron chi connectivity index (χ4n) is 2.95. The van der Waals surface area contributed by atoms with Crippen molar-refractivity contribution in [3.8, 4) is 0 Å². The lowest BCUT2D eigenvalue weighted by atomic mass is 9.85. The third-order valence-electron chi connectivity index (χ3n) is 3.96. The Balaban J connectivity index is 2.41. The van der Waals surface area contributed by atoms with E-state index in [0.29, 0.717) is 12.8 Å². The van der Waals surface area contributed by atoms with E-state index in [4.69, 9.17) is 5.73 Å². The van der Waals surface area contributed by atoms with E-state index in [-0.39, 0.29) is 30.3 Å². The van der Waals surface area contributed by atoms with Crippen LogP contribution in [-0.2, 0) is 9.59 Å². The van der Waals surface area contributed by atoms with Crippen molar-refractivity contribution >= 4 is 11.9 Å². The molecule has 0 aromatic rings. The van der Waals surface area contributed by atoms with Gasteiger partial charge in [-0.1, -0.05) is 33.6 Å². The number of aliphatic carboxylic acids is 1. The van der Waals surface area contributed by atoms with Crippen LogP contribution in [0.25, 0.3) is 0 Å². The van der Waals surface area contributed by atoms with Crippen molar-refractivity contribution in [1.82, 2.24) is 5.32 Å². The van der Waals surface area contributed by atoms with Gasteiger partial charge in [-0.15, -0.1) is 0 Å². The van der Waals surface area contributed by atoms with Crippen LogP contribution in [0, 0.1) is 10.8 Å². The Hall–Kier alpha value is -1.10. The molecule has 116 valence electrons. The predicted molar refractivity (Wildman–Crippen MR) is 78.2 cm³/mol. The molecule has 0 spiro atoms. The van der Waals surface area contributed by atoms with E-state index in [1.54, 1.807) is 0 Å². The van der Waals surface area contributed by atoms with Gasteiger partial charge in [0.05, 0.1) is 5.41 Å². The van der Waals surface area contributed by atoms with E-state index in [1.807, 2.05) is 0 Å². The number of carboxylic acids is 1. The number of amides is 1. The van der Waals surface area contributed by atoms with Crippen molar-refractivity contribution in [3.63, 3.8) is 0 Å². The second kappa shape index (κ2) is 6.57. The lowest BCUT2D eigenvalue weighted by Crippen LogP contribution is -2.43. The second-order valence-corrected chi connectivity index (χ2v) is 7.30. The van der Waals surface area contributed by atoms with E-state index in [9.17, 15) is 14.7 Å². The topological polar surface area (TPSA) is 92.4 Å². The quantitative estimate of drug-likeness (QED) is 0.694. The summed E-state index contributed by atoms with van der Waals surface area (Å²) in [5.41, 5.74) is 5.29. The number of hydrogen-bond donors (Lipinski definition) is 3. The first-order valence-corrected chi connectivity index (χ1v) is 7.40. The minimum absolute atomic E-state index is 0.0907. The summed E-state index contributed by atoms with van der Waals surface area (Å²) in [6.45, 7) is 6.48. The zero-order valence-electron chi connectivity index (χ0n) is 12.9. The highest BCUT2D eigenvalue weighted by atomic mass is 16.4. The normalized spacial score (nSPS) is 19.6. The van der Waals surface area contributed by atoms with Crippen molar-refractivity contribution in [2.75, 3.05) is 6.54 Å². The van der Waals surface area contributed by atoms with Crippen LogP contribution in [0.1, 0.15) is 59.3 Å². The maximum Gasteiger partial charge on any atom is 0.311 e. The zero-order chi connectivity index (χ0) is 15.4. The van der Waals surface area contributed by atoms with Crippen molar-refractivity contribution in [2.45, 2.75) is 65.3 Å². The van der Waals surface area contributed by atoms with Gasteiger partial charge in [-0.05, 0) is 24.7 Å². The Labute approximate surface area is 121 Å². The summed E-state index contributed by atoms with van der Waals surface area (Å²) in [7, 11) is 0. The molecule has 1 aliphatic carbocycles. The Morgan fingerprint density at radius 1 is 1.30 bits per heavy atom. The maximum absolute atomic E-state index is 11.9. The molecule has 1 unspecified atom stereocenters. The maximum atomic E-state index is 11.9. The van der Waals surface area contributed by atoms with Crippen LogP contribution in [0.3, 0.4) is 0 Å². The molecule has 5 nitrogen and oxygen atoms in total. The Kier molecular flexibility index (Phi) is 5.57. The molecule has 5 heteroatoms. The molecule has 1 saturated carbocycles. The summed E-state index contributed by atoms with van der Waals surface area (Å²) in [5.74, 6) is -0.941. The van der Waals surface area contributed by atoms with Gasteiger partial charge < -0.3 is 16.2 Å². The summed E-state index contributed by atoms with van der Waals surface area (Å²) in [6, 6.07) is -0.181. The van der Waals surface area contributed by atoms with Gasteiger partial charge in [0.2, 0.25) is 5.91 Å². The fraction of sp³-hybridized carbons (Fsp3) is 0.867. The third kappa shape index (κ3) is 5.12. The molecule has 0 aliphatic heterocycles. The largest absolute Gasteiger partial charge is 0.481 e. The van der Waals surface area contributed by atoms with Crippen LogP contribution < -0.4 is 11.1 Å². The number of hydrogen-bond acceptors (Lipinski definition) is 3. The number of carbonyl (C=O) groups is 2. The molecule has 0 aromatic carbocycles. The fourth-order valence-corrected chi connectivity index (χ4v) is 2.95. The van der Waals surface area contributed by atoms with Crippen molar-refractivity contribution in [2.24, 2.45) is 16.6 Å². The molecule has 0 heterocycles. The van der Waals surface area contributed by atoms with Crippen LogP contribution in [0.5, 0.6) is 0 Å². The molecule has 4 N–H and O–H groups in total. The minimum atomic E-state index is -0.797. The molecular formula is C15H28N2O3. The lowest BCUT2D eigenvalue weighted by molar-refractivity contribution is -0.148. The zero-order valence-corrected chi connectivity index (χ0v) is 12.9. The van der Waals surface area contributed by atoms with Crippen LogP contribution >= 0.6 is 0 Å². The predicted octanol–water partition coefficient (Wildman–Crippen LogP) is 1.90. The van der Waals surface area contributed by atoms with Gasteiger partial charge >= 0.3 is 5.97 Å². The molecule has 1 amide bonds. The molecule has 0 aromatic heterocycles. The van der Waals surface area contributed by atoms with Gasteiger partial charge in [0.1, 0.15) is 0 Å². The van der Waals surface area contributed by atoms with E-state index in [2.05, 4.69) is 26.1 Å².